The van der Waals surface area contributed by atoms with Crippen LogP contribution in [-0.2, 0) is 11.3 Å². The molecule has 0 aliphatic heterocycles. The van der Waals surface area contributed by atoms with Crippen molar-refractivity contribution in [2.75, 3.05) is 26.8 Å². The van der Waals surface area contributed by atoms with Crippen LogP contribution >= 0.6 is 0 Å². The van der Waals surface area contributed by atoms with Gasteiger partial charge in [-0.25, -0.2) is 0 Å². The second-order valence-electron chi connectivity index (χ2n) is 5.60. The third kappa shape index (κ3) is 7.85. The van der Waals surface area contributed by atoms with Crippen LogP contribution in [-0.4, -0.2) is 42.4 Å². The summed E-state index contributed by atoms with van der Waals surface area (Å²) in [6, 6.07) is 3.87. The van der Waals surface area contributed by atoms with Crippen LogP contribution in [0, 0.1) is 11.8 Å². The van der Waals surface area contributed by atoms with Gasteiger partial charge in [-0.05, 0) is 44.7 Å². The number of nitrogens with zero attached hydrogens (tertiary/aromatic N) is 1. The molecule has 0 aromatic carbocycles. The molecular weight excluding hydrogens is 290 g/mol. The minimum absolute atomic E-state index is 0.0167. The lowest BCUT2D eigenvalue weighted by Gasteiger charge is -2.16. The summed E-state index contributed by atoms with van der Waals surface area (Å²) >= 11 is 0. The molecule has 0 bridgehead atoms. The zero-order chi connectivity index (χ0) is 17.1. The molecule has 4 heteroatoms. The highest BCUT2D eigenvalue weighted by Gasteiger charge is 2.10. The van der Waals surface area contributed by atoms with Crippen molar-refractivity contribution in [2.24, 2.45) is 0 Å². The summed E-state index contributed by atoms with van der Waals surface area (Å²) in [7, 11) is 1.66. The Hall–Kier alpha value is -1.80. The highest BCUT2D eigenvalue weighted by atomic mass is 16.5. The number of hydrogen-bond donors (Lipinski definition) is 1. The Morgan fingerprint density at radius 1 is 1.35 bits per heavy atom. The van der Waals surface area contributed by atoms with Gasteiger partial charge in [0.2, 0.25) is 0 Å². The number of rotatable bonds is 8. The van der Waals surface area contributed by atoms with Crippen LogP contribution in [0.1, 0.15) is 32.3 Å². The maximum Gasteiger partial charge on any atom is 0.126 e. The Kier molecular flexibility index (Phi) is 8.42. The normalized spacial score (nSPS) is 12.3. The van der Waals surface area contributed by atoms with Crippen molar-refractivity contribution in [2.45, 2.75) is 32.9 Å². The Labute approximate surface area is 139 Å². The van der Waals surface area contributed by atoms with Crippen molar-refractivity contribution in [3.8, 4) is 11.8 Å². The molecule has 0 saturated heterocycles. The van der Waals surface area contributed by atoms with Crippen LogP contribution in [0.5, 0.6) is 0 Å². The Bertz CT molecular complexity index is 573. The highest BCUT2D eigenvalue weighted by molar-refractivity contribution is 5.42. The maximum atomic E-state index is 8.76. The minimum Gasteiger partial charge on any atom is -0.460 e. The molecule has 4 nitrogen and oxygen atoms in total. The molecule has 0 aliphatic rings. The number of aliphatic hydroxyl groups is 1. The topological polar surface area (TPSA) is 45.8 Å². The summed E-state index contributed by atoms with van der Waals surface area (Å²) in [5.74, 6) is 7.72. The number of likely N-dealkylation sites (N-methyl/N-ethyl adjacent to an activating group) is 1. The van der Waals surface area contributed by atoms with E-state index in [4.69, 9.17) is 14.3 Å². The fraction of sp³-hybridized carbons (Fsp3) is 0.474. The lowest BCUT2D eigenvalue weighted by Crippen LogP contribution is -2.22. The van der Waals surface area contributed by atoms with Gasteiger partial charge in [0.05, 0.1) is 13.2 Å². The molecule has 1 aromatic rings. The molecule has 1 rings (SSSR count). The Morgan fingerprint density at radius 2 is 2.13 bits per heavy atom. The summed E-state index contributed by atoms with van der Waals surface area (Å²) in [6.07, 6.45) is 7.33. The van der Waals surface area contributed by atoms with Crippen molar-refractivity contribution in [1.29, 1.82) is 0 Å². The number of furan rings is 1. The van der Waals surface area contributed by atoms with Crippen molar-refractivity contribution in [1.82, 2.24) is 4.90 Å². The van der Waals surface area contributed by atoms with Crippen molar-refractivity contribution in [3.05, 3.63) is 41.9 Å². The molecule has 23 heavy (non-hydrogen) atoms. The molecule has 0 radical (unpaired) electrons. The molecule has 1 heterocycles. The third-order valence-corrected chi connectivity index (χ3v) is 3.34. The van der Waals surface area contributed by atoms with Gasteiger partial charge in [0.1, 0.15) is 17.1 Å². The molecule has 1 N–H and O–H groups in total. The van der Waals surface area contributed by atoms with Crippen molar-refractivity contribution in [3.63, 3.8) is 0 Å². The summed E-state index contributed by atoms with van der Waals surface area (Å²) in [5, 5.41) is 8.76. The number of ether oxygens (including phenoxy) is 1. The van der Waals surface area contributed by atoms with Gasteiger partial charge in [-0.2, -0.15) is 0 Å². The monoisotopic (exact) mass is 317 g/mol. The largest absolute Gasteiger partial charge is 0.460 e. The molecule has 1 aromatic heterocycles. The second-order valence-corrected chi connectivity index (χ2v) is 5.60. The Morgan fingerprint density at radius 3 is 2.78 bits per heavy atom. The third-order valence-electron chi connectivity index (χ3n) is 3.34. The van der Waals surface area contributed by atoms with Crippen LogP contribution < -0.4 is 0 Å². The molecule has 0 unspecified atom stereocenters. The maximum absolute atomic E-state index is 8.76. The number of hydrogen-bond acceptors (Lipinski definition) is 4. The SMILES string of the molecule is CCN(C/C=C/C#CC(C)(C)OC)Cc1ccc(/C=C/CO)o1. The molecule has 0 atom stereocenters. The average Bonchev–Trinajstić information content (AvgIpc) is 2.98. The molecular formula is C19H27NO3. The van der Waals surface area contributed by atoms with Gasteiger partial charge in [0, 0.05) is 13.7 Å². The quantitative estimate of drug-likeness (QED) is 0.749. The predicted octanol–water partition coefficient (Wildman–Crippen LogP) is 3.09. The van der Waals surface area contributed by atoms with Crippen LogP contribution in [0.15, 0.2) is 34.8 Å². The average molecular weight is 317 g/mol. The van der Waals surface area contributed by atoms with E-state index >= 15 is 0 Å². The molecule has 0 aliphatic carbocycles. The van der Waals surface area contributed by atoms with Gasteiger partial charge in [-0.1, -0.05) is 30.9 Å². The zero-order valence-electron chi connectivity index (χ0n) is 14.5. The van der Waals surface area contributed by atoms with Crippen LogP contribution in [0.3, 0.4) is 0 Å². The first-order chi connectivity index (χ1) is 11.0. The summed E-state index contributed by atoms with van der Waals surface area (Å²) in [6.45, 7) is 8.47. The van der Waals surface area contributed by atoms with Gasteiger partial charge >= 0.3 is 0 Å². The molecule has 126 valence electrons. The number of aliphatic hydroxyl groups excluding tert-OH is 1. The van der Waals surface area contributed by atoms with E-state index in [-0.39, 0.29) is 6.61 Å². The first-order valence-corrected chi connectivity index (χ1v) is 7.82. The molecule has 0 fully saturated rings. The van der Waals surface area contributed by atoms with Gasteiger partial charge < -0.3 is 14.3 Å². The number of allylic oxidation sites excluding steroid dienone is 1. The fourth-order valence-electron chi connectivity index (χ4n) is 1.79. The van der Waals surface area contributed by atoms with Crippen molar-refractivity contribution < 1.29 is 14.3 Å². The zero-order valence-corrected chi connectivity index (χ0v) is 14.5. The van der Waals surface area contributed by atoms with Gasteiger partial charge in [0.25, 0.3) is 0 Å². The smallest absolute Gasteiger partial charge is 0.126 e. The van der Waals surface area contributed by atoms with E-state index in [1.807, 2.05) is 38.1 Å². The van der Waals surface area contributed by atoms with E-state index in [1.165, 1.54) is 0 Å². The van der Waals surface area contributed by atoms with Gasteiger partial charge in [0.15, 0.2) is 0 Å². The van der Waals surface area contributed by atoms with E-state index in [0.29, 0.717) is 0 Å². The van der Waals surface area contributed by atoms with E-state index in [2.05, 4.69) is 23.7 Å². The van der Waals surface area contributed by atoms with Gasteiger partial charge in [-0.3, -0.25) is 4.90 Å². The first kappa shape index (κ1) is 19.2. The fourth-order valence-corrected chi connectivity index (χ4v) is 1.79. The summed E-state index contributed by atoms with van der Waals surface area (Å²) in [5.41, 5.74) is -0.415. The minimum atomic E-state index is -0.415. The van der Waals surface area contributed by atoms with Crippen LogP contribution in [0.2, 0.25) is 0 Å². The summed E-state index contributed by atoms with van der Waals surface area (Å²) in [4.78, 5) is 2.25. The molecule has 0 saturated carbocycles. The van der Waals surface area contributed by atoms with Crippen LogP contribution in [0.4, 0.5) is 0 Å². The van der Waals surface area contributed by atoms with E-state index in [9.17, 15) is 0 Å². The summed E-state index contributed by atoms with van der Waals surface area (Å²) < 4.78 is 10.9. The standard InChI is InChI=1S/C19H27NO3/c1-5-20(14-8-6-7-13-19(2,3)22-4)16-18-12-11-17(23-18)10-9-15-21/h6,8-12,21H,5,14-16H2,1-4H3/b8-6+,10-9+. The van der Waals surface area contributed by atoms with Crippen molar-refractivity contribution >= 4 is 6.08 Å². The predicted molar refractivity (Wildman–Crippen MR) is 93.8 cm³/mol. The van der Waals surface area contributed by atoms with E-state index < -0.39 is 5.60 Å². The lowest BCUT2D eigenvalue weighted by molar-refractivity contribution is 0.0742. The first-order valence-electron chi connectivity index (χ1n) is 7.82. The number of methoxy groups -OCH3 is 1. The van der Waals surface area contributed by atoms with Crippen LogP contribution in [0.25, 0.3) is 6.08 Å². The van der Waals surface area contributed by atoms with Gasteiger partial charge in [-0.15, -0.1) is 0 Å². The Balaban J connectivity index is 2.51. The van der Waals surface area contributed by atoms with E-state index in [0.717, 1.165) is 31.2 Å². The highest BCUT2D eigenvalue weighted by Crippen LogP contribution is 2.12. The molecule has 0 amide bonds. The second kappa shape index (κ2) is 10.1. The van der Waals surface area contributed by atoms with E-state index in [1.54, 1.807) is 19.3 Å². The molecule has 0 spiro atoms. The lowest BCUT2D eigenvalue weighted by atomic mass is 10.1.